The van der Waals surface area contributed by atoms with Gasteiger partial charge in [-0.3, -0.25) is 0 Å². The van der Waals surface area contributed by atoms with Gasteiger partial charge in [-0.2, -0.15) is 5.26 Å². The van der Waals surface area contributed by atoms with Crippen LogP contribution in [0.15, 0.2) is 0 Å². The number of rotatable bonds is 0. The van der Waals surface area contributed by atoms with E-state index in [1.807, 2.05) is 4.93 Å². The Morgan fingerprint density at radius 2 is 0.714 bits per heavy atom. The molecule has 0 bridgehead atoms. The molecule has 0 rings (SSSR count). The molecular formula is C8H22CeCl2IN7O16. The van der Waals surface area contributed by atoms with E-state index in [4.69, 9.17) is 110 Å². The average Bonchev–Trinajstić information content (AvgIpc) is 2.45. The van der Waals surface area contributed by atoms with E-state index < -0.39 is 31.0 Å². The molecule has 0 unspecified atom stereocenters. The number of aliphatic hydroxyl groups is 1. The molecule has 5 N–H and O–H groups in total. The summed E-state index contributed by atoms with van der Waals surface area (Å²) in [6.45, 7) is 6.66. The first-order chi connectivity index (χ1) is 14.5. The summed E-state index contributed by atoms with van der Waals surface area (Å²) < 4.78 is 0. The minimum Gasteiger partial charge on any atom is -0.391 e. The maximum absolute atomic E-state index is 8.52. The van der Waals surface area contributed by atoms with Gasteiger partial charge in [0.15, 0.2) is 0 Å². The maximum atomic E-state index is 8.52. The van der Waals surface area contributed by atoms with Crippen molar-refractivity contribution < 1.29 is 72.3 Å². The molecule has 35 heavy (non-hydrogen) atoms. The molecule has 0 amide bonds. The third-order valence-corrected chi connectivity index (χ3v) is 0. The number of nitriles is 1. The van der Waals surface area contributed by atoms with Gasteiger partial charge in [-0.1, -0.05) is 22.6 Å². The standard InChI is InChI=1S/C4H10O.C2H3N.CH2Cl2.CH3I.Ce.5NO3.H3N/c1-4(2,3)5;1-2-3;2-1-3;1-2;;5*2-1(3)4;/h5H,1-3H3;1H3;1H2;1H3;;;;;;;1H3/q;;;;+4;5*-1;/p+1. The molecular weight excluding hydrogens is 788 g/mol. The Morgan fingerprint density at radius 1 is 0.714 bits per heavy atom. The Kier molecular flexibility index (Phi) is 139. The van der Waals surface area contributed by atoms with E-state index in [-0.39, 0.29) is 53.2 Å². The Labute approximate surface area is 253 Å². The van der Waals surface area contributed by atoms with Crippen molar-refractivity contribution in [2.24, 2.45) is 0 Å². The molecule has 0 aliphatic rings. The summed E-state index contributed by atoms with van der Waals surface area (Å²) in [5, 5.41) is 89.8. The van der Waals surface area contributed by atoms with Gasteiger partial charge in [0, 0.05) is 6.92 Å². The summed E-state index contributed by atoms with van der Waals surface area (Å²) in [5.74, 6) is 0. The van der Waals surface area contributed by atoms with E-state index in [1.54, 1.807) is 26.8 Å². The van der Waals surface area contributed by atoms with Crippen molar-refractivity contribution in [2.75, 3.05) is 10.3 Å². The van der Waals surface area contributed by atoms with Crippen LogP contribution in [0.25, 0.3) is 0 Å². The second-order valence-corrected chi connectivity index (χ2v) is 4.42. The van der Waals surface area contributed by atoms with Crippen LogP contribution in [0.4, 0.5) is 0 Å². The molecule has 0 aromatic carbocycles. The third-order valence-electron chi connectivity index (χ3n) is 0. The van der Waals surface area contributed by atoms with Crippen molar-refractivity contribution >= 4 is 45.8 Å². The van der Waals surface area contributed by atoms with Gasteiger partial charge in [-0.15, -0.1) is 23.2 Å². The minimum atomic E-state index is -1.75. The number of halogens is 3. The van der Waals surface area contributed by atoms with Crippen LogP contribution >= 0.6 is 45.8 Å². The van der Waals surface area contributed by atoms with E-state index in [0.29, 0.717) is 0 Å². The quantitative estimate of drug-likeness (QED) is 0.154. The van der Waals surface area contributed by atoms with Crippen LogP contribution in [0.5, 0.6) is 0 Å². The van der Waals surface area contributed by atoms with Crippen LogP contribution in [-0.2, 0) is 0 Å². The van der Waals surface area contributed by atoms with Crippen molar-refractivity contribution in [3.63, 3.8) is 0 Å². The number of hydrogen-bond acceptors (Lipinski definition) is 17. The molecule has 0 radical (unpaired) electrons. The van der Waals surface area contributed by atoms with E-state index in [0.717, 1.165) is 0 Å². The summed E-state index contributed by atoms with van der Waals surface area (Å²) in [7, 11) is 0. The summed E-state index contributed by atoms with van der Waals surface area (Å²) in [5.41, 5.74) is -0.500. The number of hydrogen-bond donors (Lipinski definition) is 2. The summed E-state index contributed by atoms with van der Waals surface area (Å²) in [4.78, 5) is 43.2. The van der Waals surface area contributed by atoms with Gasteiger partial charge in [0.1, 0.15) is 0 Å². The molecule has 27 heteroatoms. The molecule has 0 aromatic rings. The smallest absolute Gasteiger partial charge is 0.391 e. The molecule has 210 valence electrons. The van der Waals surface area contributed by atoms with Crippen LogP contribution in [0.1, 0.15) is 27.7 Å². The van der Waals surface area contributed by atoms with E-state index >= 15 is 0 Å². The van der Waals surface area contributed by atoms with Crippen LogP contribution in [0.3, 0.4) is 0 Å². The van der Waals surface area contributed by atoms with Crippen molar-refractivity contribution in [3.05, 3.63) is 76.6 Å². The zero-order valence-electron chi connectivity index (χ0n) is 18.6. The first-order valence-corrected chi connectivity index (χ1v) is 9.32. The number of nitrogens with zero attached hydrogens (tertiary/aromatic N) is 6. The molecule has 0 fully saturated rings. The Balaban J connectivity index is -0.0000000206. The number of quaternary nitrogens is 1. The van der Waals surface area contributed by atoms with Gasteiger partial charge in [0.05, 0.1) is 42.4 Å². The summed E-state index contributed by atoms with van der Waals surface area (Å²) >= 11 is 11.7. The Bertz CT molecular complexity index is 402. The van der Waals surface area contributed by atoms with Crippen LogP contribution < -0.4 is 6.15 Å². The van der Waals surface area contributed by atoms with Gasteiger partial charge in [0.25, 0.3) is 0 Å². The molecule has 0 aromatic heterocycles. The van der Waals surface area contributed by atoms with Crippen molar-refractivity contribution in [3.8, 4) is 6.07 Å². The SMILES string of the molecule is CC#N.CC(C)(C)O.CI.ClCCl.O=[N+]([O-])[O-].O=[N+]([O-])[O-].O=[N+]([O-])[O-].O=[N+]([O-])[O-].O=[N+]([O-])[O-].[Ce+4].[NH4+]. The van der Waals surface area contributed by atoms with Crippen molar-refractivity contribution in [1.82, 2.24) is 6.15 Å². The van der Waals surface area contributed by atoms with Crippen LogP contribution in [-0.4, -0.2) is 46.4 Å². The molecule has 0 saturated carbocycles. The molecule has 0 saturated heterocycles. The van der Waals surface area contributed by atoms with Gasteiger partial charge >= 0.3 is 41.7 Å². The zero-order chi connectivity index (χ0) is 29.8. The average molecular weight is 810 g/mol. The fourth-order valence-electron chi connectivity index (χ4n) is 0. The Morgan fingerprint density at radius 3 is 0.714 bits per heavy atom. The van der Waals surface area contributed by atoms with Gasteiger partial charge in [-0.05, 0) is 25.7 Å². The molecule has 0 spiro atoms. The van der Waals surface area contributed by atoms with Crippen molar-refractivity contribution in [2.45, 2.75) is 33.3 Å². The van der Waals surface area contributed by atoms with E-state index in [1.165, 1.54) is 6.92 Å². The second-order valence-electron chi connectivity index (χ2n) is 3.61. The largest absolute Gasteiger partial charge is 4.00 e. The van der Waals surface area contributed by atoms with Crippen LogP contribution in [0.2, 0.25) is 0 Å². The fraction of sp³-hybridized carbons (Fsp3) is 0.875. The van der Waals surface area contributed by atoms with Gasteiger partial charge in [-0.25, -0.2) is 0 Å². The fourth-order valence-corrected chi connectivity index (χ4v) is 0. The topological polar surface area (TPSA) is 412 Å². The molecule has 0 aliphatic carbocycles. The normalized spacial score (nSPS) is 6.06. The monoisotopic (exact) mass is 809 g/mol. The van der Waals surface area contributed by atoms with Gasteiger partial charge in [0.2, 0.25) is 0 Å². The molecule has 0 aliphatic heterocycles. The summed E-state index contributed by atoms with van der Waals surface area (Å²) in [6, 6.07) is 1.75. The Hall–Kier alpha value is -1.90. The third kappa shape index (κ3) is 8030. The first-order valence-electron chi connectivity index (χ1n) is 6.10. The zero-order valence-corrected chi connectivity index (χ0v) is 25.4. The van der Waals surface area contributed by atoms with E-state index in [2.05, 4.69) is 22.6 Å². The van der Waals surface area contributed by atoms with Crippen molar-refractivity contribution in [1.29, 1.82) is 5.26 Å². The second kappa shape index (κ2) is 69.7. The maximum Gasteiger partial charge on any atom is 4.00 e. The molecule has 0 heterocycles. The van der Waals surface area contributed by atoms with Gasteiger partial charge < -0.3 is 87.9 Å². The molecule has 0 atom stereocenters. The minimum absolute atomic E-state index is 0. The molecule has 23 nitrogen and oxygen atoms in total. The number of alkyl halides is 3. The van der Waals surface area contributed by atoms with Crippen LogP contribution in [0, 0.1) is 130 Å². The predicted molar refractivity (Wildman–Crippen MR) is 128 cm³/mol. The first kappa shape index (κ1) is 69.8. The summed E-state index contributed by atoms with van der Waals surface area (Å²) in [6.07, 6.45) is 0. The predicted octanol–water partition coefficient (Wildman–Crippen LogP) is 2.96. The van der Waals surface area contributed by atoms with E-state index in [9.17, 15) is 0 Å².